The zero-order valence-corrected chi connectivity index (χ0v) is 14.4. The first-order valence-electron chi connectivity index (χ1n) is 8.34. The molecule has 0 saturated heterocycles. The van der Waals surface area contributed by atoms with Gasteiger partial charge in [-0.3, -0.25) is 0 Å². The number of anilines is 2. The average Bonchev–Trinajstić information content (AvgIpc) is 2.67. The van der Waals surface area contributed by atoms with E-state index in [1.165, 1.54) is 36.4 Å². The number of rotatable bonds is 7. The van der Waals surface area contributed by atoms with Crippen LogP contribution in [0.2, 0.25) is 0 Å². The molecule has 27 heavy (non-hydrogen) atoms. The molecule has 0 unspecified atom stereocenters. The highest BCUT2D eigenvalue weighted by Crippen LogP contribution is 2.21. The van der Waals surface area contributed by atoms with Gasteiger partial charge in [0, 0.05) is 24.5 Å². The summed E-state index contributed by atoms with van der Waals surface area (Å²) in [4.78, 5) is 11.4. The second kappa shape index (κ2) is 8.31. The lowest BCUT2D eigenvalue weighted by Crippen LogP contribution is -2.06. The Morgan fingerprint density at radius 3 is 1.52 bits per heavy atom. The molecule has 0 atom stereocenters. The van der Waals surface area contributed by atoms with Gasteiger partial charge in [0.2, 0.25) is 0 Å². The minimum Gasteiger partial charge on any atom is -0.478 e. The van der Waals surface area contributed by atoms with Gasteiger partial charge in [0.05, 0.1) is 5.56 Å². The number of hydrogen-bond donors (Lipinski definition) is 3. The maximum atomic E-state index is 13.0. The lowest BCUT2D eigenvalue weighted by Gasteiger charge is -2.12. The van der Waals surface area contributed by atoms with Gasteiger partial charge in [-0.05, 0) is 53.6 Å². The van der Waals surface area contributed by atoms with E-state index in [0.717, 1.165) is 11.1 Å². The Morgan fingerprint density at radius 1 is 0.741 bits per heavy atom. The Balaban J connectivity index is 1.72. The van der Waals surface area contributed by atoms with Gasteiger partial charge in [0.1, 0.15) is 11.6 Å². The standard InChI is InChI=1S/C21H18F2N2O2/c22-17-5-1-14(2-6-17)12-24-19-9-16(21(26)27)10-20(11-19)25-13-15-3-7-18(23)8-4-15/h1-11,24-25H,12-13H2,(H,26,27). The van der Waals surface area contributed by atoms with Gasteiger partial charge in [-0.15, -0.1) is 0 Å². The van der Waals surface area contributed by atoms with Crippen LogP contribution in [0.5, 0.6) is 0 Å². The zero-order chi connectivity index (χ0) is 19.2. The van der Waals surface area contributed by atoms with Gasteiger partial charge in [0.25, 0.3) is 0 Å². The molecule has 0 heterocycles. The summed E-state index contributed by atoms with van der Waals surface area (Å²) in [5, 5.41) is 15.6. The van der Waals surface area contributed by atoms with E-state index < -0.39 is 5.97 Å². The molecule has 3 N–H and O–H groups in total. The van der Waals surface area contributed by atoms with E-state index in [1.807, 2.05) is 0 Å². The lowest BCUT2D eigenvalue weighted by atomic mass is 10.1. The first-order valence-corrected chi connectivity index (χ1v) is 8.34. The molecule has 0 aromatic heterocycles. The van der Waals surface area contributed by atoms with Crippen molar-refractivity contribution in [3.63, 3.8) is 0 Å². The van der Waals surface area contributed by atoms with Crippen LogP contribution in [0.15, 0.2) is 66.7 Å². The van der Waals surface area contributed by atoms with Crippen molar-refractivity contribution in [3.05, 3.63) is 95.1 Å². The van der Waals surface area contributed by atoms with E-state index in [1.54, 1.807) is 30.3 Å². The van der Waals surface area contributed by atoms with Crippen molar-refractivity contribution in [2.45, 2.75) is 13.1 Å². The van der Waals surface area contributed by atoms with Gasteiger partial charge < -0.3 is 15.7 Å². The maximum Gasteiger partial charge on any atom is 0.335 e. The van der Waals surface area contributed by atoms with Crippen LogP contribution in [-0.2, 0) is 13.1 Å². The molecule has 0 amide bonds. The Bertz CT molecular complexity index is 858. The molecule has 4 nitrogen and oxygen atoms in total. The number of hydrogen-bond acceptors (Lipinski definition) is 3. The predicted octanol–water partition coefficient (Wildman–Crippen LogP) is 4.89. The van der Waals surface area contributed by atoms with E-state index in [2.05, 4.69) is 10.6 Å². The van der Waals surface area contributed by atoms with Crippen molar-refractivity contribution in [1.82, 2.24) is 0 Å². The minimum absolute atomic E-state index is 0.140. The highest BCUT2D eigenvalue weighted by atomic mass is 19.1. The molecule has 0 aliphatic heterocycles. The monoisotopic (exact) mass is 368 g/mol. The SMILES string of the molecule is O=C(O)c1cc(NCc2ccc(F)cc2)cc(NCc2ccc(F)cc2)c1. The van der Waals surface area contributed by atoms with Gasteiger partial charge in [0.15, 0.2) is 0 Å². The van der Waals surface area contributed by atoms with Crippen LogP contribution in [0, 0.1) is 11.6 Å². The first kappa shape index (κ1) is 18.4. The third kappa shape index (κ3) is 5.28. The average molecular weight is 368 g/mol. The Kier molecular flexibility index (Phi) is 5.66. The zero-order valence-electron chi connectivity index (χ0n) is 14.4. The fourth-order valence-corrected chi connectivity index (χ4v) is 2.57. The molecule has 0 aliphatic rings. The van der Waals surface area contributed by atoms with Crippen molar-refractivity contribution >= 4 is 17.3 Å². The highest BCUT2D eigenvalue weighted by Gasteiger charge is 2.08. The normalized spacial score (nSPS) is 10.4. The molecule has 6 heteroatoms. The molecule has 0 radical (unpaired) electrons. The summed E-state index contributed by atoms with van der Waals surface area (Å²) >= 11 is 0. The van der Waals surface area contributed by atoms with Crippen LogP contribution in [0.4, 0.5) is 20.2 Å². The largest absolute Gasteiger partial charge is 0.478 e. The van der Waals surface area contributed by atoms with Crippen LogP contribution < -0.4 is 10.6 Å². The predicted molar refractivity (Wildman–Crippen MR) is 101 cm³/mol. The second-order valence-electron chi connectivity index (χ2n) is 6.06. The van der Waals surface area contributed by atoms with Crippen LogP contribution in [0.3, 0.4) is 0 Å². The number of aromatic carboxylic acids is 1. The summed E-state index contributed by atoms with van der Waals surface area (Å²) < 4.78 is 26.0. The van der Waals surface area contributed by atoms with Crippen LogP contribution in [-0.4, -0.2) is 11.1 Å². The van der Waals surface area contributed by atoms with Gasteiger partial charge in [-0.25, -0.2) is 13.6 Å². The van der Waals surface area contributed by atoms with Gasteiger partial charge >= 0.3 is 5.97 Å². The quantitative estimate of drug-likeness (QED) is 0.556. The summed E-state index contributed by atoms with van der Waals surface area (Å²) in [6.07, 6.45) is 0. The molecule has 3 aromatic rings. The summed E-state index contributed by atoms with van der Waals surface area (Å²) in [6, 6.07) is 17.0. The van der Waals surface area contributed by atoms with Crippen LogP contribution in [0.25, 0.3) is 0 Å². The lowest BCUT2D eigenvalue weighted by molar-refractivity contribution is 0.0697. The van der Waals surface area contributed by atoms with Crippen molar-refractivity contribution in [2.24, 2.45) is 0 Å². The number of carboxylic acids is 1. The van der Waals surface area contributed by atoms with E-state index in [-0.39, 0.29) is 17.2 Å². The topological polar surface area (TPSA) is 61.4 Å². The first-order chi connectivity index (χ1) is 13.0. The Morgan fingerprint density at radius 2 is 1.15 bits per heavy atom. The summed E-state index contributed by atoms with van der Waals surface area (Å²) in [7, 11) is 0. The molecule has 0 bridgehead atoms. The Labute approximate surface area is 155 Å². The molecular formula is C21H18F2N2O2. The number of carboxylic acid groups (broad SMARTS) is 1. The fraction of sp³-hybridized carbons (Fsp3) is 0.0952. The van der Waals surface area contributed by atoms with Gasteiger partial charge in [-0.1, -0.05) is 24.3 Å². The minimum atomic E-state index is -1.04. The molecule has 0 saturated carbocycles. The van der Waals surface area contributed by atoms with E-state index in [4.69, 9.17) is 0 Å². The van der Waals surface area contributed by atoms with E-state index in [9.17, 15) is 18.7 Å². The molecule has 3 aromatic carbocycles. The highest BCUT2D eigenvalue weighted by molar-refractivity contribution is 5.90. The number of carbonyl (C=O) groups is 1. The van der Waals surface area contributed by atoms with Crippen molar-refractivity contribution in [2.75, 3.05) is 10.6 Å². The number of benzene rings is 3. The third-order valence-corrected chi connectivity index (χ3v) is 4.00. The Hall–Kier alpha value is -3.41. The molecular weight excluding hydrogens is 350 g/mol. The summed E-state index contributed by atoms with van der Waals surface area (Å²) in [6.45, 7) is 0.863. The van der Waals surface area contributed by atoms with Crippen molar-refractivity contribution in [3.8, 4) is 0 Å². The molecule has 0 aliphatic carbocycles. The smallest absolute Gasteiger partial charge is 0.335 e. The summed E-state index contributed by atoms with van der Waals surface area (Å²) in [5.41, 5.74) is 3.14. The molecule has 0 fully saturated rings. The number of halogens is 2. The van der Waals surface area contributed by atoms with Crippen molar-refractivity contribution < 1.29 is 18.7 Å². The summed E-state index contributed by atoms with van der Waals surface area (Å²) in [5.74, 6) is -1.65. The fourth-order valence-electron chi connectivity index (χ4n) is 2.57. The van der Waals surface area contributed by atoms with Crippen LogP contribution in [0.1, 0.15) is 21.5 Å². The van der Waals surface area contributed by atoms with Crippen LogP contribution >= 0.6 is 0 Å². The maximum absolute atomic E-state index is 13.0. The van der Waals surface area contributed by atoms with E-state index >= 15 is 0 Å². The third-order valence-electron chi connectivity index (χ3n) is 4.00. The second-order valence-corrected chi connectivity index (χ2v) is 6.06. The molecule has 138 valence electrons. The van der Waals surface area contributed by atoms with Crippen molar-refractivity contribution in [1.29, 1.82) is 0 Å². The number of nitrogens with one attached hydrogen (secondary N) is 2. The molecule has 3 rings (SSSR count). The van der Waals surface area contributed by atoms with E-state index in [0.29, 0.717) is 24.5 Å². The molecule has 0 spiro atoms. The van der Waals surface area contributed by atoms with Gasteiger partial charge in [-0.2, -0.15) is 0 Å².